The van der Waals surface area contributed by atoms with E-state index in [1.807, 2.05) is 0 Å². The third-order valence-electron chi connectivity index (χ3n) is 4.17. The summed E-state index contributed by atoms with van der Waals surface area (Å²) >= 11 is 0. The van der Waals surface area contributed by atoms with Gasteiger partial charge in [0.05, 0.1) is 0 Å². The fourth-order valence-corrected chi connectivity index (χ4v) is 3.51. The Morgan fingerprint density at radius 3 is 2.00 bits per heavy atom. The second kappa shape index (κ2) is 6.75. The molecule has 2 nitrogen and oxygen atoms in total. The Bertz CT molecular complexity index is 199. The molecule has 0 bridgehead atoms. The molecule has 1 atom stereocenters. The highest BCUT2D eigenvalue weighted by Gasteiger charge is 2.43. The molecule has 0 aromatic heterocycles. The average molecular weight is 240 g/mol. The van der Waals surface area contributed by atoms with Crippen LogP contribution >= 0.6 is 0 Å². The van der Waals surface area contributed by atoms with Crippen molar-refractivity contribution in [3.05, 3.63) is 0 Å². The molecule has 0 aromatic carbocycles. The van der Waals surface area contributed by atoms with Crippen LogP contribution in [0, 0.1) is 11.3 Å². The van der Waals surface area contributed by atoms with E-state index < -0.39 is 0 Å². The molecule has 1 aliphatic rings. The molecule has 1 heterocycles. The fourth-order valence-electron chi connectivity index (χ4n) is 3.51. The second-order valence-electron chi connectivity index (χ2n) is 6.42. The minimum absolute atomic E-state index is 0.622. The van der Waals surface area contributed by atoms with Crippen molar-refractivity contribution in [2.24, 2.45) is 17.1 Å². The van der Waals surface area contributed by atoms with Crippen LogP contribution in [0.1, 0.15) is 59.8 Å². The largest absolute Gasteiger partial charge is 0.329 e. The Labute approximate surface area is 108 Å². The lowest BCUT2D eigenvalue weighted by Crippen LogP contribution is -2.61. The van der Waals surface area contributed by atoms with Gasteiger partial charge in [0.2, 0.25) is 0 Å². The number of nitrogens with two attached hydrogens (primary N) is 1. The van der Waals surface area contributed by atoms with Gasteiger partial charge in [-0.05, 0) is 30.6 Å². The Hall–Kier alpha value is -0.0800. The highest BCUT2D eigenvalue weighted by Crippen LogP contribution is 2.41. The van der Waals surface area contributed by atoms with E-state index in [1.165, 1.54) is 45.2 Å². The summed E-state index contributed by atoms with van der Waals surface area (Å²) < 4.78 is 0. The van der Waals surface area contributed by atoms with Crippen molar-refractivity contribution >= 4 is 0 Å². The minimum atomic E-state index is 0.622. The number of rotatable bonds is 8. The summed E-state index contributed by atoms with van der Waals surface area (Å²) in [6.45, 7) is 12.6. The molecule has 1 unspecified atom stereocenters. The van der Waals surface area contributed by atoms with Crippen LogP contribution < -0.4 is 5.73 Å². The van der Waals surface area contributed by atoms with E-state index in [-0.39, 0.29) is 0 Å². The molecule has 0 aromatic rings. The molecule has 17 heavy (non-hydrogen) atoms. The normalized spacial score (nSPS) is 21.5. The molecular formula is C15H32N2. The van der Waals surface area contributed by atoms with E-state index in [0.717, 1.165) is 12.5 Å². The third kappa shape index (κ3) is 3.96. The summed E-state index contributed by atoms with van der Waals surface area (Å²) in [5.74, 6) is 0.760. The first kappa shape index (κ1) is 15.0. The van der Waals surface area contributed by atoms with Crippen molar-refractivity contribution < 1.29 is 0 Å². The summed E-state index contributed by atoms with van der Waals surface area (Å²) in [5, 5.41) is 0. The quantitative estimate of drug-likeness (QED) is 0.705. The van der Waals surface area contributed by atoms with E-state index in [0.29, 0.717) is 11.5 Å². The zero-order chi connectivity index (χ0) is 12.9. The Kier molecular flexibility index (Phi) is 5.94. The maximum Gasteiger partial charge on any atom is 0.0221 e. The second-order valence-corrected chi connectivity index (χ2v) is 6.42. The molecular weight excluding hydrogens is 208 g/mol. The van der Waals surface area contributed by atoms with Crippen molar-refractivity contribution in [1.29, 1.82) is 0 Å². The predicted molar refractivity (Wildman–Crippen MR) is 76.1 cm³/mol. The lowest BCUT2D eigenvalue weighted by molar-refractivity contribution is -0.0462. The van der Waals surface area contributed by atoms with Gasteiger partial charge >= 0.3 is 0 Å². The van der Waals surface area contributed by atoms with Gasteiger partial charge in [0.25, 0.3) is 0 Å². The number of hydrogen-bond donors (Lipinski definition) is 1. The number of likely N-dealkylation sites (tertiary alicyclic amines) is 1. The van der Waals surface area contributed by atoms with Crippen LogP contribution in [0.4, 0.5) is 0 Å². The lowest BCUT2D eigenvalue weighted by Gasteiger charge is -2.54. The molecule has 2 heteroatoms. The summed E-state index contributed by atoms with van der Waals surface area (Å²) in [5.41, 5.74) is 6.56. The SMILES string of the molecule is CCCC1(CCC)CN(C(CN)CC(C)C)C1. The third-order valence-corrected chi connectivity index (χ3v) is 4.17. The zero-order valence-electron chi connectivity index (χ0n) is 12.3. The van der Waals surface area contributed by atoms with Gasteiger partial charge in [0.1, 0.15) is 0 Å². The van der Waals surface area contributed by atoms with Gasteiger partial charge in [-0.25, -0.2) is 0 Å². The van der Waals surface area contributed by atoms with E-state index in [9.17, 15) is 0 Å². The fraction of sp³-hybridized carbons (Fsp3) is 1.00. The van der Waals surface area contributed by atoms with Crippen LogP contribution in [0.5, 0.6) is 0 Å². The van der Waals surface area contributed by atoms with Gasteiger partial charge in [-0.3, -0.25) is 4.90 Å². The standard InChI is InChI=1S/C15H32N2/c1-5-7-15(8-6-2)11-17(12-15)14(10-16)9-13(3)4/h13-14H,5-12,16H2,1-4H3. The van der Waals surface area contributed by atoms with Gasteiger partial charge in [0.15, 0.2) is 0 Å². The molecule has 0 amide bonds. The van der Waals surface area contributed by atoms with Crippen LogP contribution in [0.3, 0.4) is 0 Å². The molecule has 102 valence electrons. The molecule has 1 aliphatic heterocycles. The monoisotopic (exact) mass is 240 g/mol. The Balaban J connectivity index is 2.45. The first-order valence-corrected chi connectivity index (χ1v) is 7.51. The number of nitrogens with zero attached hydrogens (tertiary/aromatic N) is 1. The van der Waals surface area contributed by atoms with Crippen LogP contribution in [-0.4, -0.2) is 30.6 Å². The van der Waals surface area contributed by atoms with Crippen LogP contribution in [0.2, 0.25) is 0 Å². The first-order chi connectivity index (χ1) is 8.06. The molecule has 1 rings (SSSR count). The van der Waals surface area contributed by atoms with Gasteiger partial charge in [-0.1, -0.05) is 40.5 Å². The lowest BCUT2D eigenvalue weighted by atomic mass is 9.71. The van der Waals surface area contributed by atoms with Gasteiger partial charge in [0, 0.05) is 25.7 Å². The topological polar surface area (TPSA) is 29.3 Å². The highest BCUT2D eigenvalue weighted by molar-refractivity contribution is 4.97. The predicted octanol–water partition coefficient (Wildman–Crippen LogP) is 3.26. The molecule has 2 N–H and O–H groups in total. The summed E-state index contributed by atoms with van der Waals surface area (Å²) in [6.07, 6.45) is 6.70. The van der Waals surface area contributed by atoms with E-state index in [1.54, 1.807) is 0 Å². The summed E-state index contributed by atoms with van der Waals surface area (Å²) in [6, 6.07) is 0.622. The first-order valence-electron chi connectivity index (χ1n) is 7.51. The van der Waals surface area contributed by atoms with Crippen molar-refractivity contribution in [1.82, 2.24) is 4.90 Å². The van der Waals surface area contributed by atoms with Gasteiger partial charge in [-0.2, -0.15) is 0 Å². The summed E-state index contributed by atoms with van der Waals surface area (Å²) in [4.78, 5) is 2.63. The Morgan fingerprint density at radius 1 is 1.12 bits per heavy atom. The average Bonchev–Trinajstić information content (AvgIpc) is 2.22. The van der Waals surface area contributed by atoms with Crippen molar-refractivity contribution in [3.8, 4) is 0 Å². The van der Waals surface area contributed by atoms with Crippen LogP contribution in [0.15, 0.2) is 0 Å². The van der Waals surface area contributed by atoms with Crippen LogP contribution in [-0.2, 0) is 0 Å². The molecule has 0 saturated carbocycles. The van der Waals surface area contributed by atoms with E-state index in [2.05, 4.69) is 32.6 Å². The smallest absolute Gasteiger partial charge is 0.0221 e. The molecule has 0 radical (unpaired) electrons. The summed E-state index contributed by atoms with van der Waals surface area (Å²) in [7, 11) is 0. The maximum absolute atomic E-state index is 5.93. The molecule has 0 spiro atoms. The maximum atomic E-state index is 5.93. The van der Waals surface area contributed by atoms with Crippen molar-refractivity contribution in [3.63, 3.8) is 0 Å². The van der Waals surface area contributed by atoms with E-state index in [4.69, 9.17) is 5.73 Å². The van der Waals surface area contributed by atoms with Crippen LogP contribution in [0.25, 0.3) is 0 Å². The number of hydrogen-bond acceptors (Lipinski definition) is 2. The van der Waals surface area contributed by atoms with Gasteiger partial charge in [-0.15, -0.1) is 0 Å². The molecule has 0 aliphatic carbocycles. The molecule has 1 fully saturated rings. The molecule has 1 saturated heterocycles. The van der Waals surface area contributed by atoms with Crippen molar-refractivity contribution in [2.75, 3.05) is 19.6 Å². The minimum Gasteiger partial charge on any atom is -0.329 e. The van der Waals surface area contributed by atoms with Gasteiger partial charge < -0.3 is 5.73 Å². The zero-order valence-corrected chi connectivity index (χ0v) is 12.3. The van der Waals surface area contributed by atoms with Crippen molar-refractivity contribution in [2.45, 2.75) is 65.8 Å². The Morgan fingerprint density at radius 2 is 1.65 bits per heavy atom. The highest BCUT2D eigenvalue weighted by atomic mass is 15.2. The van der Waals surface area contributed by atoms with E-state index >= 15 is 0 Å².